The van der Waals surface area contributed by atoms with E-state index in [1.807, 2.05) is 101 Å². The first-order valence-electron chi connectivity index (χ1n) is 13.8. The van der Waals surface area contributed by atoms with Gasteiger partial charge < -0.3 is 25.4 Å². The van der Waals surface area contributed by atoms with Crippen LogP contribution in [0.3, 0.4) is 0 Å². The number of nitrogens with zero attached hydrogens (tertiary/aromatic N) is 4. The van der Waals surface area contributed by atoms with Crippen molar-refractivity contribution in [3.8, 4) is 34.1 Å². The number of hydrogen-bond donors (Lipinski definition) is 2. The Bertz CT molecular complexity index is 1680. The molecule has 0 amide bonds. The first-order chi connectivity index (χ1) is 20.5. The number of thiazole rings is 2. The van der Waals surface area contributed by atoms with Gasteiger partial charge in [-0.1, -0.05) is 0 Å². The molecule has 44 heavy (non-hydrogen) atoms. The molecule has 0 spiro atoms. The maximum absolute atomic E-state index is 6.39. The van der Waals surface area contributed by atoms with Crippen LogP contribution in [0.2, 0.25) is 0 Å². The lowest BCUT2D eigenvalue weighted by Crippen LogP contribution is -2.13. The number of hydrogen-bond acceptors (Lipinski definition) is 9. The summed E-state index contributed by atoms with van der Waals surface area (Å²) in [5.74, 6) is 3.25. The lowest BCUT2D eigenvalue weighted by molar-refractivity contribution is 0.243. The Morgan fingerprint density at radius 3 is 1.45 bits per heavy atom. The zero-order valence-corrected chi connectivity index (χ0v) is 27.8. The van der Waals surface area contributed by atoms with Gasteiger partial charge in [0.1, 0.15) is 34.4 Å². The monoisotopic (exact) mass is 650 g/mol. The van der Waals surface area contributed by atoms with Crippen molar-refractivity contribution < 1.29 is 13.9 Å². The SMILES string of the molecule is Cc1nc(C(N)=Nc2ccc(-c3ccc(-c4ccc(N=C(N)c5csc(C)n5)cc4OC(C)C)o3)c(OC(C)C)c2)cs1.Cl. The van der Waals surface area contributed by atoms with Gasteiger partial charge in [0.25, 0.3) is 0 Å². The molecular formula is C32H35ClN6O3S2. The smallest absolute Gasteiger partial charge is 0.150 e. The zero-order valence-electron chi connectivity index (χ0n) is 25.3. The molecule has 0 radical (unpaired) electrons. The summed E-state index contributed by atoms with van der Waals surface area (Å²) in [4.78, 5) is 18.0. The van der Waals surface area contributed by atoms with Crippen LogP contribution in [0.1, 0.15) is 49.1 Å². The highest BCUT2D eigenvalue weighted by molar-refractivity contribution is 7.10. The van der Waals surface area contributed by atoms with Crippen molar-refractivity contribution in [3.05, 3.63) is 80.7 Å². The van der Waals surface area contributed by atoms with E-state index in [0.717, 1.165) is 21.1 Å². The Kier molecular flexibility index (Phi) is 10.5. The second kappa shape index (κ2) is 14.1. The van der Waals surface area contributed by atoms with Crippen molar-refractivity contribution in [2.24, 2.45) is 21.5 Å². The highest BCUT2D eigenvalue weighted by Crippen LogP contribution is 2.40. The number of nitrogens with two attached hydrogens (primary N) is 2. The van der Waals surface area contributed by atoms with Crippen LogP contribution in [0.4, 0.5) is 11.4 Å². The summed E-state index contributed by atoms with van der Waals surface area (Å²) in [5, 5.41) is 5.65. The molecule has 0 fully saturated rings. The van der Waals surface area contributed by atoms with Crippen LogP contribution in [-0.2, 0) is 0 Å². The second-order valence-corrected chi connectivity index (χ2v) is 12.5. The predicted octanol–water partition coefficient (Wildman–Crippen LogP) is 8.21. The summed E-state index contributed by atoms with van der Waals surface area (Å²) in [7, 11) is 0. The maximum Gasteiger partial charge on any atom is 0.150 e. The van der Waals surface area contributed by atoms with Crippen LogP contribution in [-0.4, -0.2) is 33.8 Å². The molecule has 0 aliphatic heterocycles. The number of benzene rings is 2. The molecule has 0 unspecified atom stereocenters. The van der Waals surface area contributed by atoms with Gasteiger partial charge in [0.05, 0.1) is 44.7 Å². The third-order valence-electron chi connectivity index (χ3n) is 6.05. The number of aliphatic imine (C=N–C) groups is 2. The lowest BCUT2D eigenvalue weighted by atomic mass is 10.1. The van der Waals surface area contributed by atoms with E-state index in [2.05, 4.69) is 20.0 Å². The van der Waals surface area contributed by atoms with E-state index in [4.69, 9.17) is 25.4 Å². The van der Waals surface area contributed by atoms with Gasteiger partial charge in [-0.05, 0) is 77.9 Å². The van der Waals surface area contributed by atoms with Crippen LogP contribution in [0.5, 0.6) is 11.5 Å². The molecular weight excluding hydrogens is 616 g/mol. The molecule has 0 atom stereocenters. The van der Waals surface area contributed by atoms with E-state index in [-0.39, 0.29) is 24.6 Å². The quantitative estimate of drug-likeness (QED) is 0.115. The molecule has 0 aliphatic rings. The van der Waals surface area contributed by atoms with Crippen LogP contribution in [0, 0.1) is 13.8 Å². The van der Waals surface area contributed by atoms with E-state index in [0.29, 0.717) is 57.5 Å². The molecule has 0 aliphatic carbocycles. The van der Waals surface area contributed by atoms with Crippen molar-refractivity contribution in [2.45, 2.75) is 53.8 Å². The molecule has 0 bridgehead atoms. The van der Waals surface area contributed by atoms with Gasteiger partial charge in [-0.2, -0.15) is 0 Å². The fraction of sp³-hybridized carbons (Fsp3) is 0.250. The van der Waals surface area contributed by atoms with Gasteiger partial charge in [0.15, 0.2) is 11.7 Å². The Balaban J connectivity index is 0.00000442. The minimum Gasteiger partial charge on any atom is -0.490 e. The number of aryl methyl sites for hydroxylation is 2. The Morgan fingerprint density at radius 2 is 1.11 bits per heavy atom. The zero-order chi connectivity index (χ0) is 30.7. The number of ether oxygens (including phenoxy) is 2. The van der Waals surface area contributed by atoms with Gasteiger partial charge in [0, 0.05) is 22.9 Å². The number of furan rings is 1. The van der Waals surface area contributed by atoms with Crippen molar-refractivity contribution in [1.29, 1.82) is 0 Å². The van der Waals surface area contributed by atoms with E-state index in [9.17, 15) is 0 Å². The van der Waals surface area contributed by atoms with E-state index >= 15 is 0 Å². The molecule has 3 heterocycles. The Hall–Kier alpha value is -4.19. The topological polar surface area (TPSA) is 134 Å². The van der Waals surface area contributed by atoms with Gasteiger partial charge in [-0.25, -0.2) is 20.0 Å². The number of amidine groups is 2. The standard InChI is InChI=1S/C32H34N6O3S2.ClH/c1-17(2)39-29-13-21(37-31(33)25-15-42-19(5)35-25)7-9-23(29)27-11-12-28(41-27)24-10-8-22(14-30(24)40-18(3)4)38-32(34)26-16-43-20(6)36-26;/h7-18H,1-6H3,(H2,33,37)(H2,34,38);1H. The average molecular weight is 651 g/mol. The fourth-order valence-corrected chi connectivity index (χ4v) is 5.47. The Morgan fingerprint density at radius 1 is 0.705 bits per heavy atom. The van der Waals surface area contributed by atoms with Gasteiger partial charge in [0.2, 0.25) is 0 Å². The molecule has 9 nitrogen and oxygen atoms in total. The van der Waals surface area contributed by atoms with Crippen LogP contribution < -0.4 is 20.9 Å². The lowest BCUT2D eigenvalue weighted by Gasteiger charge is -2.15. The largest absolute Gasteiger partial charge is 0.490 e. The first-order valence-corrected chi connectivity index (χ1v) is 15.6. The second-order valence-electron chi connectivity index (χ2n) is 10.4. The number of rotatable bonds is 10. The highest BCUT2D eigenvalue weighted by atomic mass is 35.5. The molecule has 2 aromatic carbocycles. The minimum absolute atomic E-state index is 0. The summed E-state index contributed by atoms with van der Waals surface area (Å²) < 4.78 is 18.7. The normalized spacial score (nSPS) is 12.1. The van der Waals surface area contributed by atoms with Crippen LogP contribution in [0.25, 0.3) is 22.6 Å². The third-order valence-corrected chi connectivity index (χ3v) is 7.60. The van der Waals surface area contributed by atoms with Crippen molar-refractivity contribution in [3.63, 3.8) is 0 Å². The summed E-state index contributed by atoms with van der Waals surface area (Å²) in [6.45, 7) is 11.8. The van der Waals surface area contributed by atoms with E-state index in [1.54, 1.807) is 0 Å². The molecule has 5 aromatic rings. The van der Waals surface area contributed by atoms with Gasteiger partial charge in [-0.15, -0.1) is 35.1 Å². The molecule has 230 valence electrons. The predicted molar refractivity (Wildman–Crippen MR) is 183 cm³/mol. The molecule has 0 saturated heterocycles. The van der Waals surface area contributed by atoms with Gasteiger partial charge in [-0.3, -0.25) is 0 Å². The first kappa shape index (κ1) is 32.7. The molecule has 4 N–H and O–H groups in total. The molecule has 5 rings (SSSR count). The highest BCUT2D eigenvalue weighted by Gasteiger charge is 2.18. The van der Waals surface area contributed by atoms with E-state index in [1.165, 1.54) is 22.7 Å². The van der Waals surface area contributed by atoms with Gasteiger partial charge >= 0.3 is 0 Å². The fourth-order valence-electron chi connectivity index (χ4n) is 4.25. The summed E-state index contributed by atoms with van der Waals surface area (Å²) in [6, 6.07) is 15.2. The summed E-state index contributed by atoms with van der Waals surface area (Å²) in [5.41, 5.74) is 16.7. The number of halogens is 1. The van der Waals surface area contributed by atoms with Crippen LogP contribution in [0.15, 0.2) is 73.7 Å². The molecule has 3 aromatic heterocycles. The minimum atomic E-state index is -0.0641. The van der Waals surface area contributed by atoms with E-state index < -0.39 is 0 Å². The summed E-state index contributed by atoms with van der Waals surface area (Å²) in [6.07, 6.45) is -0.128. The Labute approximate surface area is 271 Å². The van der Waals surface area contributed by atoms with Crippen molar-refractivity contribution in [2.75, 3.05) is 0 Å². The number of aromatic nitrogens is 2. The van der Waals surface area contributed by atoms with Crippen molar-refractivity contribution >= 4 is 58.1 Å². The molecule has 12 heteroatoms. The third kappa shape index (κ3) is 7.85. The van der Waals surface area contributed by atoms with Crippen molar-refractivity contribution in [1.82, 2.24) is 9.97 Å². The van der Waals surface area contributed by atoms with Crippen LogP contribution >= 0.6 is 35.1 Å². The average Bonchev–Trinajstić information content (AvgIpc) is 3.70. The maximum atomic E-state index is 6.39. The summed E-state index contributed by atoms with van der Waals surface area (Å²) >= 11 is 3.06. The molecule has 0 saturated carbocycles.